The molecule has 1 aromatic carbocycles. The van der Waals surface area contributed by atoms with Gasteiger partial charge in [-0.3, -0.25) is 4.79 Å². The van der Waals surface area contributed by atoms with E-state index in [4.69, 9.17) is 11.6 Å². The number of hydrogen-bond donors (Lipinski definition) is 2. The summed E-state index contributed by atoms with van der Waals surface area (Å²) in [6, 6.07) is 7.82. The average molecular weight is 382 g/mol. The average Bonchev–Trinajstić information content (AvgIpc) is 3.23. The predicted octanol–water partition coefficient (Wildman–Crippen LogP) is 4.84. The normalized spacial score (nSPS) is 17.4. The first-order chi connectivity index (χ1) is 11.9. The summed E-state index contributed by atoms with van der Waals surface area (Å²) in [7, 11) is 0. The number of carbonyl (C=O) groups is 1. The quantitative estimate of drug-likeness (QED) is 0.778. The van der Waals surface area contributed by atoms with E-state index in [0.717, 1.165) is 36.6 Å². The minimum absolute atomic E-state index is 0.0972. The Kier molecular flexibility index (Phi) is 5.46. The molecule has 25 heavy (non-hydrogen) atoms. The van der Waals surface area contributed by atoms with Crippen LogP contribution in [0.25, 0.3) is 0 Å². The number of aliphatic hydroxyl groups is 1. The summed E-state index contributed by atoms with van der Waals surface area (Å²) in [5, 5.41) is 12.9. The summed E-state index contributed by atoms with van der Waals surface area (Å²) in [6.07, 6.45) is 3.77. The van der Waals surface area contributed by atoms with Gasteiger partial charge in [0.1, 0.15) is 5.82 Å². The zero-order valence-electron chi connectivity index (χ0n) is 14.0. The standard InChI is InChI=1S/C19H21ClFNO2S/c1-12(23)16-6-7-17(25-16)19(8-2-3-9-19)11-22-18(24)14-5-4-13(21)10-15(14)20/h4-7,10,12,23H,2-3,8-9,11H2,1H3,(H,22,24). The molecule has 1 amide bonds. The molecule has 0 spiro atoms. The van der Waals surface area contributed by atoms with Crippen molar-refractivity contribution in [2.75, 3.05) is 6.54 Å². The second-order valence-electron chi connectivity index (χ2n) is 6.67. The molecule has 0 aliphatic heterocycles. The molecule has 2 N–H and O–H groups in total. The van der Waals surface area contributed by atoms with E-state index in [2.05, 4.69) is 11.4 Å². The third-order valence-corrected chi connectivity index (χ3v) is 6.70. The van der Waals surface area contributed by atoms with E-state index in [0.29, 0.717) is 6.54 Å². The number of aliphatic hydroxyl groups excluding tert-OH is 1. The topological polar surface area (TPSA) is 49.3 Å². The largest absolute Gasteiger partial charge is 0.388 e. The molecule has 1 aromatic heterocycles. The predicted molar refractivity (Wildman–Crippen MR) is 98.8 cm³/mol. The second kappa shape index (κ2) is 7.44. The van der Waals surface area contributed by atoms with Crippen LogP contribution in [0.5, 0.6) is 0 Å². The summed E-state index contributed by atoms with van der Waals surface area (Å²) >= 11 is 7.60. The fourth-order valence-electron chi connectivity index (χ4n) is 3.44. The molecule has 2 aromatic rings. The number of nitrogens with one attached hydrogen (secondary N) is 1. The number of rotatable bonds is 5. The molecule has 6 heteroatoms. The van der Waals surface area contributed by atoms with Crippen molar-refractivity contribution in [1.82, 2.24) is 5.32 Å². The van der Waals surface area contributed by atoms with Crippen LogP contribution in [0.1, 0.15) is 58.8 Å². The zero-order chi connectivity index (χ0) is 18.0. The summed E-state index contributed by atoms with van der Waals surface area (Å²) < 4.78 is 13.2. The van der Waals surface area contributed by atoms with Gasteiger partial charge in [-0.2, -0.15) is 0 Å². The lowest BCUT2D eigenvalue weighted by Crippen LogP contribution is -2.38. The Bertz CT molecular complexity index is 769. The summed E-state index contributed by atoms with van der Waals surface area (Å²) in [4.78, 5) is 14.6. The molecule has 134 valence electrons. The smallest absolute Gasteiger partial charge is 0.252 e. The van der Waals surface area contributed by atoms with E-state index >= 15 is 0 Å². The molecular formula is C19H21ClFNO2S. The minimum Gasteiger partial charge on any atom is -0.388 e. The number of benzene rings is 1. The Morgan fingerprint density at radius 1 is 1.36 bits per heavy atom. The van der Waals surface area contributed by atoms with Gasteiger partial charge in [-0.1, -0.05) is 24.4 Å². The van der Waals surface area contributed by atoms with E-state index in [1.807, 2.05) is 6.07 Å². The molecule has 0 radical (unpaired) electrons. The Morgan fingerprint density at radius 3 is 2.68 bits per heavy atom. The lowest BCUT2D eigenvalue weighted by Gasteiger charge is -2.28. The molecule has 0 saturated heterocycles. The van der Waals surface area contributed by atoms with E-state index in [9.17, 15) is 14.3 Å². The molecule has 1 fully saturated rings. The van der Waals surface area contributed by atoms with E-state index < -0.39 is 11.9 Å². The molecule has 3 rings (SSSR count). The van der Waals surface area contributed by atoms with Gasteiger partial charge in [-0.15, -0.1) is 11.3 Å². The van der Waals surface area contributed by atoms with Crippen molar-refractivity contribution in [3.05, 3.63) is 56.5 Å². The SMILES string of the molecule is CC(O)c1ccc(C2(CNC(=O)c3ccc(F)cc3Cl)CCCC2)s1. The van der Waals surface area contributed by atoms with Crippen LogP contribution in [0.2, 0.25) is 5.02 Å². The van der Waals surface area contributed by atoms with Gasteiger partial charge in [0.2, 0.25) is 0 Å². The highest BCUT2D eigenvalue weighted by molar-refractivity contribution is 7.12. The molecule has 1 heterocycles. The zero-order valence-corrected chi connectivity index (χ0v) is 15.6. The van der Waals surface area contributed by atoms with Gasteiger partial charge < -0.3 is 10.4 Å². The minimum atomic E-state index is -0.482. The lowest BCUT2D eigenvalue weighted by atomic mass is 9.84. The van der Waals surface area contributed by atoms with Crippen LogP contribution in [0.4, 0.5) is 4.39 Å². The second-order valence-corrected chi connectivity index (χ2v) is 8.19. The molecular weight excluding hydrogens is 361 g/mol. The van der Waals surface area contributed by atoms with Crippen LogP contribution in [0.3, 0.4) is 0 Å². The number of carbonyl (C=O) groups excluding carboxylic acids is 1. The van der Waals surface area contributed by atoms with Crippen molar-refractivity contribution in [2.45, 2.75) is 44.1 Å². The van der Waals surface area contributed by atoms with Crippen molar-refractivity contribution >= 4 is 28.8 Å². The molecule has 1 aliphatic rings. The van der Waals surface area contributed by atoms with Crippen molar-refractivity contribution in [1.29, 1.82) is 0 Å². The maximum atomic E-state index is 13.2. The molecule has 3 nitrogen and oxygen atoms in total. The maximum absolute atomic E-state index is 13.2. The number of amides is 1. The van der Waals surface area contributed by atoms with Gasteiger partial charge in [0.05, 0.1) is 16.7 Å². The summed E-state index contributed by atoms with van der Waals surface area (Å²) in [6.45, 7) is 2.27. The van der Waals surface area contributed by atoms with E-state index in [1.165, 1.54) is 17.0 Å². The monoisotopic (exact) mass is 381 g/mol. The number of hydrogen-bond acceptors (Lipinski definition) is 3. The van der Waals surface area contributed by atoms with Gasteiger partial charge in [0.15, 0.2) is 0 Å². The van der Waals surface area contributed by atoms with Crippen LogP contribution in [0, 0.1) is 5.82 Å². The third-order valence-electron chi connectivity index (χ3n) is 4.88. The van der Waals surface area contributed by atoms with Gasteiger partial charge in [-0.25, -0.2) is 4.39 Å². The summed E-state index contributed by atoms with van der Waals surface area (Å²) in [5.41, 5.74) is 0.187. The van der Waals surface area contributed by atoms with Crippen molar-refractivity contribution in [3.8, 4) is 0 Å². The summed E-state index contributed by atoms with van der Waals surface area (Å²) in [5.74, 6) is -0.748. The van der Waals surface area contributed by atoms with Gasteiger partial charge >= 0.3 is 0 Å². The van der Waals surface area contributed by atoms with Crippen LogP contribution >= 0.6 is 22.9 Å². The lowest BCUT2D eigenvalue weighted by molar-refractivity contribution is 0.0943. The molecule has 0 bridgehead atoms. The van der Waals surface area contributed by atoms with Crippen LogP contribution < -0.4 is 5.32 Å². The van der Waals surface area contributed by atoms with Crippen LogP contribution in [0.15, 0.2) is 30.3 Å². The number of thiophene rings is 1. The van der Waals surface area contributed by atoms with Gasteiger partial charge in [-0.05, 0) is 50.1 Å². The van der Waals surface area contributed by atoms with Gasteiger partial charge in [0.25, 0.3) is 5.91 Å². The Labute approximate surface area is 155 Å². The van der Waals surface area contributed by atoms with Crippen molar-refractivity contribution < 1.29 is 14.3 Å². The van der Waals surface area contributed by atoms with Gasteiger partial charge in [0, 0.05) is 21.7 Å². The van der Waals surface area contributed by atoms with E-state index in [-0.39, 0.29) is 21.9 Å². The molecule has 1 aliphatic carbocycles. The Morgan fingerprint density at radius 2 is 2.08 bits per heavy atom. The fraction of sp³-hybridized carbons (Fsp3) is 0.421. The van der Waals surface area contributed by atoms with Crippen molar-refractivity contribution in [2.24, 2.45) is 0 Å². The first-order valence-electron chi connectivity index (χ1n) is 8.43. The highest BCUT2D eigenvalue weighted by atomic mass is 35.5. The van der Waals surface area contributed by atoms with Crippen molar-refractivity contribution in [3.63, 3.8) is 0 Å². The van der Waals surface area contributed by atoms with Crippen LogP contribution in [-0.4, -0.2) is 17.6 Å². The molecule has 1 unspecified atom stereocenters. The first-order valence-corrected chi connectivity index (χ1v) is 9.62. The van der Waals surface area contributed by atoms with E-state index in [1.54, 1.807) is 18.3 Å². The highest BCUT2D eigenvalue weighted by Crippen LogP contribution is 2.44. The van der Waals surface area contributed by atoms with Crippen LogP contribution in [-0.2, 0) is 5.41 Å². The highest BCUT2D eigenvalue weighted by Gasteiger charge is 2.37. The third kappa shape index (κ3) is 3.89. The molecule has 1 saturated carbocycles. The molecule has 1 atom stereocenters. The number of halogens is 2. The Hall–Kier alpha value is -1.43. The maximum Gasteiger partial charge on any atom is 0.252 e. The fourth-order valence-corrected chi connectivity index (χ4v) is 4.89. The first kappa shape index (κ1) is 18.4. The Balaban J connectivity index is 1.77.